The Morgan fingerprint density at radius 2 is 1.85 bits per heavy atom. The maximum absolute atomic E-state index is 14.3. The van der Waals surface area contributed by atoms with Crippen LogP contribution in [0.3, 0.4) is 0 Å². The Bertz CT molecular complexity index is 1860. The van der Waals surface area contributed by atoms with Gasteiger partial charge in [-0.2, -0.15) is 0 Å². The summed E-state index contributed by atoms with van der Waals surface area (Å²) < 4.78 is 28.2. The minimum absolute atomic E-state index is 0.0833. The van der Waals surface area contributed by atoms with E-state index in [-0.39, 0.29) is 17.3 Å². The fourth-order valence-corrected chi connectivity index (χ4v) is 8.74. The van der Waals surface area contributed by atoms with Crippen molar-refractivity contribution in [1.82, 2.24) is 9.88 Å². The Balaban J connectivity index is 1.27. The van der Waals surface area contributed by atoms with E-state index in [2.05, 4.69) is 48.0 Å². The highest BCUT2D eigenvalue weighted by atomic mass is 19.2. The first-order valence-electron chi connectivity index (χ1n) is 17.0. The van der Waals surface area contributed by atoms with Gasteiger partial charge in [0.25, 0.3) is 0 Å². The average Bonchev–Trinajstić information content (AvgIpc) is 3.54. The molecular formula is C40H44F2N2O3. The third-order valence-electron chi connectivity index (χ3n) is 11.5. The van der Waals surface area contributed by atoms with Crippen molar-refractivity contribution >= 4 is 16.7 Å². The number of allylic oxidation sites excluding steroid dienone is 2. The van der Waals surface area contributed by atoms with Crippen molar-refractivity contribution in [3.8, 4) is 0 Å². The van der Waals surface area contributed by atoms with E-state index < -0.39 is 28.8 Å². The predicted molar refractivity (Wildman–Crippen MR) is 180 cm³/mol. The minimum atomic E-state index is -1.06. The highest BCUT2D eigenvalue weighted by Gasteiger charge is 2.57. The number of rotatable bonds is 4. The smallest absolute Gasteiger partial charge is 0.193 e. The SMILES string of the molecule is CC1=CCCC2(C)C(CCC2(O)CN2CCc3c([nH]c4ccccc34)C2)c2ccc(cc2C(=O)c2ccc(F)c(F)c2)CC(O)CC1. The number of para-hydroxylation sites is 1. The molecule has 1 fully saturated rings. The molecule has 246 valence electrons. The predicted octanol–water partition coefficient (Wildman–Crippen LogP) is 7.77. The van der Waals surface area contributed by atoms with Gasteiger partial charge in [-0.1, -0.05) is 48.9 Å². The lowest BCUT2D eigenvalue weighted by molar-refractivity contribution is -0.0857. The number of fused-ring (bicyclic) bond motifs is 11. The second-order valence-corrected chi connectivity index (χ2v) is 14.5. The van der Waals surface area contributed by atoms with Crippen molar-refractivity contribution in [3.63, 3.8) is 0 Å². The van der Waals surface area contributed by atoms with Crippen LogP contribution in [-0.2, 0) is 19.4 Å². The standard InChI is InChI=1S/C40H44F2N2O3/c1-25-6-5-17-39(2)33(15-18-40(39,47)24-44-19-16-31-30-7-3-4-8-36(30)43-37(31)23-44)29-13-10-26(20-28(45)12-9-25)21-32(29)38(46)27-11-14-34(41)35(42)22-27/h3-4,6-8,10-11,13-14,21-22,28,33,43,45,47H,5,9,12,15-20,23-24H2,1-2H3. The number of aliphatic hydroxyl groups excluding tert-OH is 1. The molecule has 0 amide bonds. The Labute approximate surface area is 275 Å². The first-order valence-corrected chi connectivity index (χ1v) is 17.0. The van der Waals surface area contributed by atoms with E-state index >= 15 is 0 Å². The van der Waals surface area contributed by atoms with Crippen LogP contribution < -0.4 is 0 Å². The molecule has 1 aromatic heterocycles. The Morgan fingerprint density at radius 3 is 2.68 bits per heavy atom. The number of ketones is 1. The topological polar surface area (TPSA) is 76.6 Å². The number of hydrogen-bond acceptors (Lipinski definition) is 4. The number of H-pyrrole nitrogens is 1. The molecule has 0 saturated heterocycles. The van der Waals surface area contributed by atoms with Crippen LogP contribution in [-0.4, -0.2) is 50.7 Å². The van der Waals surface area contributed by atoms with Gasteiger partial charge in [0.15, 0.2) is 17.4 Å². The van der Waals surface area contributed by atoms with Crippen LogP contribution >= 0.6 is 0 Å². The lowest BCUT2D eigenvalue weighted by atomic mass is 9.64. The number of halogens is 2. The summed E-state index contributed by atoms with van der Waals surface area (Å²) in [7, 11) is 0. The summed E-state index contributed by atoms with van der Waals surface area (Å²) in [5.74, 6) is -2.57. The van der Waals surface area contributed by atoms with Crippen molar-refractivity contribution in [2.24, 2.45) is 5.41 Å². The molecule has 47 heavy (non-hydrogen) atoms. The molecular weight excluding hydrogens is 594 g/mol. The van der Waals surface area contributed by atoms with Crippen LogP contribution in [0.4, 0.5) is 8.78 Å². The fourth-order valence-electron chi connectivity index (χ4n) is 8.74. The fraction of sp³-hybridized carbons (Fsp3) is 0.425. The lowest BCUT2D eigenvalue weighted by Crippen LogP contribution is -2.53. The first kappa shape index (κ1) is 31.9. The van der Waals surface area contributed by atoms with E-state index in [4.69, 9.17) is 0 Å². The molecule has 4 atom stereocenters. The van der Waals surface area contributed by atoms with E-state index in [1.807, 2.05) is 24.3 Å². The molecule has 2 bridgehead atoms. The van der Waals surface area contributed by atoms with Crippen molar-refractivity contribution in [2.45, 2.75) is 89.4 Å². The van der Waals surface area contributed by atoms with E-state index in [0.717, 1.165) is 67.5 Å². The number of aromatic nitrogens is 1. The number of hydrogen-bond donors (Lipinski definition) is 3. The number of nitrogens with zero attached hydrogens (tertiary/aromatic N) is 1. The highest BCUT2D eigenvalue weighted by Crippen LogP contribution is 2.59. The molecule has 1 aliphatic heterocycles. The summed E-state index contributed by atoms with van der Waals surface area (Å²) in [6.07, 6.45) is 7.13. The quantitative estimate of drug-likeness (QED) is 0.158. The zero-order valence-electron chi connectivity index (χ0n) is 27.3. The number of aliphatic hydroxyl groups is 2. The largest absolute Gasteiger partial charge is 0.393 e. The first-order chi connectivity index (χ1) is 22.5. The van der Waals surface area contributed by atoms with Crippen molar-refractivity contribution < 1.29 is 23.8 Å². The summed E-state index contributed by atoms with van der Waals surface area (Å²) in [5.41, 5.74) is 5.53. The highest BCUT2D eigenvalue weighted by molar-refractivity contribution is 6.10. The molecule has 4 aliphatic rings. The normalized spacial score (nSPS) is 26.9. The van der Waals surface area contributed by atoms with Gasteiger partial charge in [0.2, 0.25) is 0 Å². The molecule has 3 N–H and O–H groups in total. The number of benzene rings is 3. The van der Waals surface area contributed by atoms with Crippen LogP contribution in [0.15, 0.2) is 72.3 Å². The zero-order valence-corrected chi connectivity index (χ0v) is 27.3. The summed E-state index contributed by atoms with van der Waals surface area (Å²) >= 11 is 0. The van der Waals surface area contributed by atoms with Gasteiger partial charge in [-0.05, 0) is 111 Å². The van der Waals surface area contributed by atoms with Crippen LogP contribution in [0.5, 0.6) is 0 Å². The second-order valence-electron chi connectivity index (χ2n) is 14.5. The molecule has 3 aromatic carbocycles. The van der Waals surface area contributed by atoms with Crippen molar-refractivity contribution in [3.05, 3.63) is 117 Å². The van der Waals surface area contributed by atoms with E-state index in [1.165, 1.54) is 28.3 Å². The van der Waals surface area contributed by atoms with Crippen molar-refractivity contribution in [2.75, 3.05) is 13.1 Å². The molecule has 2 heterocycles. The minimum Gasteiger partial charge on any atom is -0.393 e. The van der Waals surface area contributed by atoms with Crippen LogP contribution in [0.2, 0.25) is 0 Å². The molecule has 3 aliphatic carbocycles. The Hall–Kier alpha value is -3.65. The molecule has 4 aromatic rings. The van der Waals surface area contributed by atoms with Crippen molar-refractivity contribution in [1.29, 1.82) is 0 Å². The average molecular weight is 639 g/mol. The van der Waals surface area contributed by atoms with Gasteiger partial charge in [-0.15, -0.1) is 0 Å². The van der Waals surface area contributed by atoms with Gasteiger partial charge in [0, 0.05) is 52.8 Å². The third kappa shape index (κ3) is 5.87. The van der Waals surface area contributed by atoms with E-state index in [1.54, 1.807) is 0 Å². The molecule has 1 saturated carbocycles. The maximum Gasteiger partial charge on any atom is 0.193 e. The molecule has 4 unspecified atom stereocenters. The molecule has 0 radical (unpaired) electrons. The lowest BCUT2D eigenvalue weighted by Gasteiger charge is -2.46. The van der Waals surface area contributed by atoms with Gasteiger partial charge in [0.1, 0.15) is 0 Å². The molecule has 7 heteroatoms. The van der Waals surface area contributed by atoms with Gasteiger partial charge in [-0.25, -0.2) is 8.78 Å². The number of nitrogens with one attached hydrogen (secondary N) is 1. The molecule has 0 spiro atoms. The van der Waals surface area contributed by atoms with Gasteiger partial charge in [0.05, 0.1) is 11.7 Å². The van der Waals surface area contributed by atoms with Gasteiger partial charge < -0.3 is 15.2 Å². The van der Waals surface area contributed by atoms with Gasteiger partial charge in [-0.3, -0.25) is 9.69 Å². The maximum atomic E-state index is 14.3. The summed E-state index contributed by atoms with van der Waals surface area (Å²) in [4.78, 5) is 20.1. The van der Waals surface area contributed by atoms with Crippen LogP contribution in [0.1, 0.15) is 96.6 Å². The summed E-state index contributed by atoms with van der Waals surface area (Å²) in [5, 5.41) is 24.9. The zero-order chi connectivity index (χ0) is 32.9. The Morgan fingerprint density at radius 1 is 1.02 bits per heavy atom. The number of carbonyl (C=O) groups is 1. The Kier molecular flexibility index (Phi) is 8.44. The monoisotopic (exact) mass is 638 g/mol. The summed E-state index contributed by atoms with van der Waals surface area (Å²) in [6, 6.07) is 17.5. The molecule has 8 rings (SSSR count). The number of aromatic amines is 1. The van der Waals surface area contributed by atoms with Crippen LogP contribution in [0, 0.1) is 17.0 Å². The molecule has 5 nitrogen and oxygen atoms in total. The van der Waals surface area contributed by atoms with Gasteiger partial charge >= 0.3 is 0 Å². The number of β-amino-alcohol motifs (C(OH)–C–C–N with tert-alkyl or cyclic N) is 1. The second kappa shape index (κ2) is 12.4. The number of carbonyl (C=O) groups excluding carboxylic acids is 1. The van der Waals surface area contributed by atoms with E-state index in [0.29, 0.717) is 37.8 Å². The van der Waals surface area contributed by atoms with E-state index in [9.17, 15) is 23.8 Å². The summed E-state index contributed by atoms with van der Waals surface area (Å²) in [6.45, 7) is 6.41. The third-order valence-corrected chi connectivity index (χ3v) is 11.5. The van der Waals surface area contributed by atoms with Crippen LogP contribution in [0.25, 0.3) is 10.9 Å².